The molecule has 1 amide bonds. The van der Waals surface area contributed by atoms with Crippen molar-refractivity contribution in [3.8, 4) is 6.07 Å². The van der Waals surface area contributed by atoms with Crippen LogP contribution in [0.4, 0.5) is 4.39 Å². The van der Waals surface area contributed by atoms with E-state index in [1.807, 2.05) is 6.07 Å². The third kappa shape index (κ3) is 3.68. The SMILES string of the molecule is C[C@@]1(OCC(=O)N2C[C@@H](F)C[C@H]2C#N)C[C@H]2C[C@@H](OC3CC3)C[C@H]2C1. The summed E-state index contributed by atoms with van der Waals surface area (Å²) in [6, 6.07) is 1.37. The zero-order valence-electron chi connectivity index (χ0n) is 14.8. The number of nitriles is 1. The zero-order valence-corrected chi connectivity index (χ0v) is 14.8. The van der Waals surface area contributed by atoms with Crippen molar-refractivity contribution >= 4 is 5.91 Å². The number of rotatable bonds is 5. The Balaban J connectivity index is 1.26. The van der Waals surface area contributed by atoms with E-state index in [-0.39, 0.29) is 31.1 Å². The van der Waals surface area contributed by atoms with Gasteiger partial charge in [0.25, 0.3) is 0 Å². The van der Waals surface area contributed by atoms with Crippen LogP contribution in [0.5, 0.6) is 0 Å². The van der Waals surface area contributed by atoms with Crippen molar-refractivity contribution in [2.24, 2.45) is 11.8 Å². The molecule has 5 nitrogen and oxygen atoms in total. The first-order chi connectivity index (χ1) is 12.0. The van der Waals surface area contributed by atoms with Gasteiger partial charge in [-0.15, -0.1) is 0 Å². The van der Waals surface area contributed by atoms with Gasteiger partial charge in [-0.05, 0) is 57.3 Å². The number of hydrogen-bond donors (Lipinski definition) is 0. The van der Waals surface area contributed by atoms with Crippen molar-refractivity contribution < 1.29 is 18.7 Å². The number of likely N-dealkylation sites (tertiary alicyclic amines) is 1. The van der Waals surface area contributed by atoms with Gasteiger partial charge in [0.1, 0.15) is 18.8 Å². The molecule has 6 heteroatoms. The van der Waals surface area contributed by atoms with Gasteiger partial charge in [-0.25, -0.2) is 4.39 Å². The average molecular weight is 350 g/mol. The summed E-state index contributed by atoms with van der Waals surface area (Å²) < 4.78 is 25.5. The van der Waals surface area contributed by atoms with Gasteiger partial charge in [0, 0.05) is 6.42 Å². The van der Waals surface area contributed by atoms with Crippen molar-refractivity contribution in [3.05, 3.63) is 0 Å². The molecule has 138 valence electrons. The van der Waals surface area contributed by atoms with E-state index in [0.717, 1.165) is 25.7 Å². The van der Waals surface area contributed by atoms with Crippen molar-refractivity contribution in [2.75, 3.05) is 13.2 Å². The highest BCUT2D eigenvalue weighted by atomic mass is 19.1. The van der Waals surface area contributed by atoms with E-state index in [9.17, 15) is 9.18 Å². The molecule has 0 aromatic rings. The molecule has 6 atom stereocenters. The lowest BCUT2D eigenvalue weighted by Gasteiger charge is -2.28. The number of alkyl halides is 1. The molecular weight excluding hydrogens is 323 g/mol. The highest BCUT2D eigenvalue weighted by Crippen LogP contribution is 2.51. The second kappa shape index (κ2) is 6.51. The fraction of sp³-hybridized carbons (Fsp3) is 0.895. The second-order valence-corrected chi connectivity index (χ2v) is 8.62. The molecule has 3 aliphatic carbocycles. The first-order valence-corrected chi connectivity index (χ1v) is 9.58. The Labute approximate surface area is 148 Å². The molecule has 0 radical (unpaired) electrons. The lowest BCUT2D eigenvalue weighted by Crippen LogP contribution is -2.40. The molecule has 0 N–H and O–H groups in total. The molecule has 3 saturated carbocycles. The minimum atomic E-state index is -1.10. The molecule has 4 rings (SSSR count). The molecule has 0 bridgehead atoms. The number of amides is 1. The summed E-state index contributed by atoms with van der Waals surface area (Å²) in [5, 5.41) is 9.07. The van der Waals surface area contributed by atoms with Crippen LogP contribution in [0, 0.1) is 23.2 Å². The summed E-state index contributed by atoms with van der Waals surface area (Å²) in [5.41, 5.74) is -0.285. The van der Waals surface area contributed by atoms with E-state index in [0.29, 0.717) is 24.0 Å². The van der Waals surface area contributed by atoms with Crippen LogP contribution in [-0.2, 0) is 14.3 Å². The summed E-state index contributed by atoms with van der Waals surface area (Å²) in [6.07, 6.45) is 6.52. The first kappa shape index (κ1) is 17.2. The molecule has 4 aliphatic rings. The van der Waals surface area contributed by atoms with Crippen molar-refractivity contribution in [1.29, 1.82) is 5.26 Å². The van der Waals surface area contributed by atoms with Crippen molar-refractivity contribution in [2.45, 2.75) is 81.9 Å². The van der Waals surface area contributed by atoms with Crippen LogP contribution in [0.25, 0.3) is 0 Å². The van der Waals surface area contributed by atoms with E-state index < -0.39 is 12.2 Å². The van der Waals surface area contributed by atoms with Crippen molar-refractivity contribution in [1.82, 2.24) is 4.90 Å². The number of fused-ring (bicyclic) bond motifs is 1. The topological polar surface area (TPSA) is 62.6 Å². The lowest BCUT2D eigenvalue weighted by atomic mass is 9.99. The number of carbonyl (C=O) groups excluding carboxylic acids is 1. The van der Waals surface area contributed by atoms with E-state index in [4.69, 9.17) is 14.7 Å². The molecule has 0 aromatic carbocycles. The van der Waals surface area contributed by atoms with E-state index in [1.165, 1.54) is 17.7 Å². The fourth-order valence-corrected chi connectivity index (χ4v) is 5.06. The lowest BCUT2D eigenvalue weighted by molar-refractivity contribution is -0.143. The molecule has 0 unspecified atom stereocenters. The molecule has 25 heavy (non-hydrogen) atoms. The summed E-state index contributed by atoms with van der Waals surface area (Å²) >= 11 is 0. The largest absolute Gasteiger partial charge is 0.375 e. The van der Waals surface area contributed by atoms with Crippen molar-refractivity contribution in [3.63, 3.8) is 0 Å². The highest BCUT2D eigenvalue weighted by Gasteiger charge is 2.49. The molecule has 1 heterocycles. The number of ether oxygens (including phenoxy) is 2. The summed E-state index contributed by atoms with van der Waals surface area (Å²) in [5.74, 6) is 0.982. The molecule has 0 spiro atoms. The zero-order chi connectivity index (χ0) is 17.6. The third-order valence-electron chi connectivity index (χ3n) is 6.36. The maximum Gasteiger partial charge on any atom is 0.249 e. The minimum absolute atomic E-state index is 0.0164. The predicted molar refractivity (Wildman–Crippen MR) is 88.3 cm³/mol. The summed E-state index contributed by atoms with van der Waals surface area (Å²) in [6.45, 7) is 2.05. The van der Waals surface area contributed by atoms with Crippen LogP contribution in [0.15, 0.2) is 0 Å². The Bertz CT molecular complexity index is 560. The van der Waals surface area contributed by atoms with Crippen LogP contribution in [0.2, 0.25) is 0 Å². The first-order valence-electron chi connectivity index (χ1n) is 9.58. The predicted octanol–water partition coefficient (Wildman–Crippen LogP) is 2.59. The van der Waals surface area contributed by atoms with E-state index in [2.05, 4.69) is 6.92 Å². The third-order valence-corrected chi connectivity index (χ3v) is 6.36. The van der Waals surface area contributed by atoms with Gasteiger partial charge >= 0.3 is 0 Å². The van der Waals surface area contributed by atoms with Gasteiger partial charge < -0.3 is 14.4 Å². The standard InChI is InChI=1S/C19H27FN2O3/c1-19(24-11-18(23)22-10-14(20)6-15(22)9-21)7-12-4-17(5-13(12)8-19)25-16-2-3-16/h12-17H,2-8,10-11H2,1H3/t12-,13+,14-,15-,17-,19-/m0/s1. The van der Waals surface area contributed by atoms with Gasteiger partial charge in [-0.1, -0.05) is 0 Å². The Morgan fingerprint density at radius 2 is 1.92 bits per heavy atom. The highest BCUT2D eigenvalue weighted by molar-refractivity contribution is 5.78. The number of hydrogen-bond acceptors (Lipinski definition) is 4. The normalized spacial score (nSPS) is 43.2. The molecule has 1 saturated heterocycles. The van der Waals surface area contributed by atoms with Gasteiger partial charge in [0.15, 0.2) is 0 Å². The second-order valence-electron chi connectivity index (χ2n) is 8.62. The van der Waals surface area contributed by atoms with Gasteiger partial charge in [0.05, 0.1) is 30.4 Å². The van der Waals surface area contributed by atoms with Crippen LogP contribution < -0.4 is 0 Å². The molecule has 1 aliphatic heterocycles. The fourth-order valence-electron chi connectivity index (χ4n) is 5.06. The average Bonchev–Trinajstić information content (AvgIpc) is 3.06. The number of carbonyl (C=O) groups is 1. The Kier molecular flexibility index (Phi) is 4.49. The van der Waals surface area contributed by atoms with E-state index in [1.54, 1.807) is 0 Å². The summed E-state index contributed by atoms with van der Waals surface area (Å²) in [4.78, 5) is 13.7. The van der Waals surface area contributed by atoms with Crippen LogP contribution in [-0.4, -0.2) is 54.0 Å². The van der Waals surface area contributed by atoms with Crippen LogP contribution >= 0.6 is 0 Å². The number of halogens is 1. The quantitative estimate of drug-likeness (QED) is 0.765. The monoisotopic (exact) mass is 350 g/mol. The molecular formula is C19H27FN2O3. The van der Waals surface area contributed by atoms with Gasteiger partial charge in [-0.2, -0.15) is 5.26 Å². The Morgan fingerprint density at radius 3 is 2.52 bits per heavy atom. The van der Waals surface area contributed by atoms with Gasteiger partial charge in [-0.3, -0.25) is 4.79 Å². The smallest absolute Gasteiger partial charge is 0.249 e. The Hall–Kier alpha value is -1.19. The van der Waals surface area contributed by atoms with E-state index >= 15 is 0 Å². The van der Waals surface area contributed by atoms with Gasteiger partial charge in [0.2, 0.25) is 5.91 Å². The molecule has 4 fully saturated rings. The maximum atomic E-state index is 13.5. The summed E-state index contributed by atoms with van der Waals surface area (Å²) in [7, 11) is 0. The van der Waals surface area contributed by atoms with Crippen LogP contribution in [0.1, 0.15) is 51.9 Å². The molecule has 0 aromatic heterocycles. The Morgan fingerprint density at radius 1 is 1.24 bits per heavy atom. The maximum absolute atomic E-state index is 13.5. The van der Waals surface area contributed by atoms with Crippen LogP contribution in [0.3, 0.4) is 0 Å². The minimum Gasteiger partial charge on any atom is -0.375 e. The number of nitrogens with zero attached hydrogens (tertiary/aromatic N) is 2.